The standard InChI is InChI=1S/C15H23NO2/c1-17-12-7-6-8-13(11-12)18-15-10-5-3-2-4-9-14(15)16/h6-8,11,14-15H,2-5,9-10,16H2,1H3. The summed E-state index contributed by atoms with van der Waals surface area (Å²) in [4.78, 5) is 0. The first-order valence-electron chi connectivity index (χ1n) is 6.86. The highest BCUT2D eigenvalue weighted by Crippen LogP contribution is 2.24. The lowest BCUT2D eigenvalue weighted by molar-refractivity contribution is 0.144. The van der Waals surface area contributed by atoms with Gasteiger partial charge in [-0.1, -0.05) is 25.3 Å². The number of methoxy groups -OCH3 is 1. The monoisotopic (exact) mass is 249 g/mol. The first-order valence-corrected chi connectivity index (χ1v) is 6.86. The molecule has 0 aliphatic heterocycles. The van der Waals surface area contributed by atoms with Gasteiger partial charge in [0, 0.05) is 12.1 Å². The van der Waals surface area contributed by atoms with Gasteiger partial charge in [0.05, 0.1) is 7.11 Å². The topological polar surface area (TPSA) is 44.5 Å². The highest BCUT2D eigenvalue weighted by Gasteiger charge is 2.21. The van der Waals surface area contributed by atoms with Gasteiger partial charge in [0.1, 0.15) is 17.6 Å². The molecular weight excluding hydrogens is 226 g/mol. The first-order chi connectivity index (χ1) is 8.79. The highest BCUT2D eigenvalue weighted by atomic mass is 16.5. The molecule has 1 aliphatic carbocycles. The van der Waals surface area contributed by atoms with Gasteiger partial charge in [-0.2, -0.15) is 0 Å². The van der Waals surface area contributed by atoms with Crippen LogP contribution in [0.2, 0.25) is 0 Å². The van der Waals surface area contributed by atoms with Crippen molar-refractivity contribution in [3.63, 3.8) is 0 Å². The van der Waals surface area contributed by atoms with Crippen LogP contribution in [0, 0.1) is 0 Å². The van der Waals surface area contributed by atoms with Crippen molar-refractivity contribution in [2.75, 3.05) is 7.11 Å². The van der Waals surface area contributed by atoms with Crippen LogP contribution in [0.4, 0.5) is 0 Å². The number of nitrogens with two attached hydrogens (primary N) is 1. The Morgan fingerprint density at radius 1 is 1.06 bits per heavy atom. The van der Waals surface area contributed by atoms with E-state index < -0.39 is 0 Å². The summed E-state index contributed by atoms with van der Waals surface area (Å²) in [6.45, 7) is 0. The lowest BCUT2D eigenvalue weighted by atomic mass is 9.95. The molecule has 0 heterocycles. The third kappa shape index (κ3) is 3.64. The van der Waals surface area contributed by atoms with Gasteiger partial charge in [0.15, 0.2) is 0 Å². The Labute approximate surface area is 109 Å². The maximum absolute atomic E-state index is 6.21. The maximum Gasteiger partial charge on any atom is 0.123 e. The molecule has 0 saturated heterocycles. The number of hydrogen-bond acceptors (Lipinski definition) is 3. The Hall–Kier alpha value is -1.22. The molecule has 100 valence electrons. The zero-order chi connectivity index (χ0) is 12.8. The van der Waals surface area contributed by atoms with Crippen molar-refractivity contribution >= 4 is 0 Å². The molecule has 2 unspecified atom stereocenters. The van der Waals surface area contributed by atoms with Crippen molar-refractivity contribution in [3.05, 3.63) is 24.3 Å². The summed E-state index contributed by atoms with van der Waals surface area (Å²) in [6.07, 6.45) is 7.29. The van der Waals surface area contributed by atoms with Crippen LogP contribution in [0.5, 0.6) is 11.5 Å². The van der Waals surface area contributed by atoms with E-state index in [-0.39, 0.29) is 12.1 Å². The summed E-state index contributed by atoms with van der Waals surface area (Å²) in [6, 6.07) is 7.91. The Kier molecular flexibility index (Phi) is 4.88. The summed E-state index contributed by atoms with van der Waals surface area (Å²) < 4.78 is 11.2. The molecule has 0 radical (unpaired) electrons. The van der Waals surface area contributed by atoms with Gasteiger partial charge in [-0.05, 0) is 31.4 Å². The molecule has 3 nitrogen and oxygen atoms in total. The van der Waals surface area contributed by atoms with Gasteiger partial charge in [-0.25, -0.2) is 0 Å². The fourth-order valence-corrected chi connectivity index (χ4v) is 2.47. The van der Waals surface area contributed by atoms with Gasteiger partial charge in [-0.15, -0.1) is 0 Å². The molecule has 1 saturated carbocycles. The third-order valence-corrected chi connectivity index (χ3v) is 3.58. The summed E-state index contributed by atoms with van der Waals surface area (Å²) in [7, 11) is 1.67. The minimum Gasteiger partial charge on any atom is -0.497 e. The molecular formula is C15H23NO2. The third-order valence-electron chi connectivity index (χ3n) is 3.58. The highest BCUT2D eigenvalue weighted by molar-refractivity contribution is 5.33. The second kappa shape index (κ2) is 6.64. The van der Waals surface area contributed by atoms with Crippen LogP contribution >= 0.6 is 0 Å². The quantitative estimate of drug-likeness (QED) is 0.895. The first kappa shape index (κ1) is 13.2. The molecule has 2 rings (SSSR count). The summed E-state index contributed by atoms with van der Waals surface area (Å²) >= 11 is 0. The second-order valence-electron chi connectivity index (χ2n) is 4.99. The van der Waals surface area contributed by atoms with Crippen LogP contribution < -0.4 is 15.2 Å². The lowest BCUT2D eigenvalue weighted by Gasteiger charge is -2.27. The van der Waals surface area contributed by atoms with Crippen LogP contribution in [-0.2, 0) is 0 Å². The summed E-state index contributed by atoms with van der Waals surface area (Å²) in [5, 5.41) is 0. The summed E-state index contributed by atoms with van der Waals surface area (Å²) in [5.41, 5.74) is 6.21. The van der Waals surface area contributed by atoms with Crippen molar-refractivity contribution in [3.8, 4) is 11.5 Å². The zero-order valence-electron chi connectivity index (χ0n) is 11.1. The van der Waals surface area contributed by atoms with Crippen LogP contribution in [-0.4, -0.2) is 19.3 Å². The van der Waals surface area contributed by atoms with Crippen LogP contribution in [0.1, 0.15) is 38.5 Å². The molecule has 0 amide bonds. The average molecular weight is 249 g/mol. The maximum atomic E-state index is 6.21. The van der Waals surface area contributed by atoms with Crippen molar-refractivity contribution in [2.45, 2.75) is 50.7 Å². The largest absolute Gasteiger partial charge is 0.497 e. The number of rotatable bonds is 3. The summed E-state index contributed by atoms with van der Waals surface area (Å²) in [5.74, 6) is 1.68. The van der Waals surface area contributed by atoms with E-state index in [1.807, 2.05) is 24.3 Å². The predicted octanol–water partition coefficient (Wildman–Crippen LogP) is 3.12. The van der Waals surface area contributed by atoms with E-state index in [0.717, 1.165) is 24.3 Å². The molecule has 1 aliphatic rings. The zero-order valence-corrected chi connectivity index (χ0v) is 11.1. The average Bonchev–Trinajstić information content (AvgIpc) is 2.39. The predicted molar refractivity (Wildman–Crippen MR) is 73.1 cm³/mol. The molecule has 0 aromatic heterocycles. The number of hydrogen-bond donors (Lipinski definition) is 1. The van der Waals surface area contributed by atoms with Gasteiger partial charge in [0.2, 0.25) is 0 Å². The van der Waals surface area contributed by atoms with E-state index in [4.69, 9.17) is 15.2 Å². The molecule has 2 atom stereocenters. The van der Waals surface area contributed by atoms with Gasteiger partial charge in [-0.3, -0.25) is 0 Å². The fraction of sp³-hybridized carbons (Fsp3) is 0.600. The van der Waals surface area contributed by atoms with Crippen molar-refractivity contribution in [2.24, 2.45) is 5.73 Å². The van der Waals surface area contributed by atoms with E-state index in [0.29, 0.717) is 0 Å². The number of ether oxygens (including phenoxy) is 2. The minimum atomic E-state index is 0.136. The minimum absolute atomic E-state index is 0.136. The molecule has 1 fully saturated rings. The van der Waals surface area contributed by atoms with Gasteiger partial charge in [0.25, 0.3) is 0 Å². The van der Waals surface area contributed by atoms with Crippen LogP contribution in [0.25, 0.3) is 0 Å². The molecule has 3 heteroatoms. The Morgan fingerprint density at radius 3 is 2.56 bits per heavy atom. The molecule has 1 aromatic rings. The molecule has 0 bridgehead atoms. The van der Waals surface area contributed by atoms with Gasteiger partial charge < -0.3 is 15.2 Å². The van der Waals surface area contributed by atoms with Crippen LogP contribution in [0.15, 0.2) is 24.3 Å². The molecule has 2 N–H and O–H groups in total. The van der Waals surface area contributed by atoms with E-state index >= 15 is 0 Å². The van der Waals surface area contributed by atoms with Gasteiger partial charge >= 0.3 is 0 Å². The van der Waals surface area contributed by atoms with Crippen molar-refractivity contribution in [1.82, 2.24) is 0 Å². The fourth-order valence-electron chi connectivity index (χ4n) is 2.47. The van der Waals surface area contributed by atoms with E-state index in [1.165, 1.54) is 25.7 Å². The lowest BCUT2D eigenvalue weighted by Crippen LogP contribution is -2.39. The Morgan fingerprint density at radius 2 is 1.78 bits per heavy atom. The SMILES string of the molecule is COc1cccc(OC2CCCCCCC2N)c1. The molecule has 18 heavy (non-hydrogen) atoms. The molecule has 1 aromatic carbocycles. The Balaban J connectivity index is 2.00. The van der Waals surface area contributed by atoms with Crippen molar-refractivity contribution in [1.29, 1.82) is 0 Å². The van der Waals surface area contributed by atoms with E-state index in [9.17, 15) is 0 Å². The van der Waals surface area contributed by atoms with Crippen LogP contribution in [0.3, 0.4) is 0 Å². The smallest absolute Gasteiger partial charge is 0.123 e. The Bertz CT molecular complexity index is 367. The second-order valence-corrected chi connectivity index (χ2v) is 4.99. The van der Waals surface area contributed by atoms with E-state index in [2.05, 4.69) is 0 Å². The number of benzene rings is 1. The van der Waals surface area contributed by atoms with E-state index in [1.54, 1.807) is 7.11 Å². The normalized spacial score (nSPS) is 25.0. The van der Waals surface area contributed by atoms with Crippen molar-refractivity contribution < 1.29 is 9.47 Å². The molecule has 0 spiro atoms.